The van der Waals surface area contributed by atoms with E-state index in [4.69, 9.17) is 0 Å². The molecule has 0 saturated heterocycles. The largest absolute Gasteiger partial charge is 0.480 e. The summed E-state index contributed by atoms with van der Waals surface area (Å²) in [5.74, 6) is -1.13. The Morgan fingerprint density at radius 2 is 1.48 bits per heavy atom. The smallest absolute Gasteiger partial charge is 0.326 e. The van der Waals surface area contributed by atoms with Crippen molar-refractivity contribution in [3.05, 3.63) is 0 Å². The number of thiocarbonyl (C=S) groups is 1. The first-order chi connectivity index (χ1) is 13.1. The minimum Gasteiger partial charge on any atom is -0.480 e. The van der Waals surface area contributed by atoms with Crippen LogP contribution in [0.4, 0.5) is 0 Å². The summed E-state index contributed by atoms with van der Waals surface area (Å²) in [6.07, 6.45) is 15.9. The number of carboxylic acid groups (broad SMARTS) is 1. The van der Waals surface area contributed by atoms with E-state index in [-0.39, 0.29) is 5.91 Å². The first-order valence-electron chi connectivity index (χ1n) is 10.7. The highest BCUT2D eigenvalue weighted by atomic mass is 32.1. The van der Waals surface area contributed by atoms with Crippen LogP contribution in [0.25, 0.3) is 0 Å². The summed E-state index contributed by atoms with van der Waals surface area (Å²) in [4.78, 5) is 27.0. The van der Waals surface area contributed by atoms with Crippen molar-refractivity contribution in [2.24, 2.45) is 4.99 Å². The third kappa shape index (κ3) is 17.9. The summed E-state index contributed by atoms with van der Waals surface area (Å²) < 4.78 is 0. The molecule has 0 aliphatic heterocycles. The molecular weight excluding hydrogens is 360 g/mol. The summed E-state index contributed by atoms with van der Waals surface area (Å²) in [5, 5.41) is 14.1. The van der Waals surface area contributed by atoms with Crippen LogP contribution in [-0.4, -0.2) is 34.7 Å². The molecule has 0 heterocycles. The van der Waals surface area contributed by atoms with Crippen LogP contribution in [0.3, 0.4) is 0 Å². The molecule has 0 aromatic rings. The van der Waals surface area contributed by atoms with Gasteiger partial charge in [0.25, 0.3) is 0 Å². The minimum absolute atomic E-state index is 0.157. The van der Waals surface area contributed by atoms with Crippen molar-refractivity contribution in [3.63, 3.8) is 0 Å². The van der Waals surface area contributed by atoms with Gasteiger partial charge in [-0.1, -0.05) is 71.1 Å². The van der Waals surface area contributed by atoms with Crippen molar-refractivity contribution >= 4 is 29.3 Å². The molecule has 6 heteroatoms. The van der Waals surface area contributed by atoms with Gasteiger partial charge in [0.1, 0.15) is 6.04 Å². The van der Waals surface area contributed by atoms with Crippen molar-refractivity contribution in [2.45, 2.75) is 109 Å². The standard InChI is InChI=1S/C21H38N2O3S/c1-2-3-4-5-6-7-8-9-10-11-12-16-20(24)23-19(21(25)26)15-13-14-17-22-18-27/h19H,2-17H2,1H3,(H,23,24)(H,25,26). The summed E-state index contributed by atoms with van der Waals surface area (Å²) in [6.45, 7) is 2.80. The highest BCUT2D eigenvalue weighted by molar-refractivity contribution is 7.78. The molecule has 156 valence electrons. The topological polar surface area (TPSA) is 78.8 Å². The van der Waals surface area contributed by atoms with Gasteiger partial charge in [-0.05, 0) is 37.9 Å². The van der Waals surface area contributed by atoms with E-state index in [0.29, 0.717) is 25.8 Å². The predicted molar refractivity (Wildman–Crippen MR) is 114 cm³/mol. The normalized spacial score (nSPS) is 11.6. The highest BCUT2D eigenvalue weighted by Gasteiger charge is 2.18. The van der Waals surface area contributed by atoms with Crippen LogP contribution in [0, 0.1) is 0 Å². The van der Waals surface area contributed by atoms with Gasteiger partial charge >= 0.3 is 5.97 Å². The molecule has 0 aromatic heterocycles. The van der Waals surface area contributed by atoms with Crippen LogP contribution in [0.15, 0.2) is 4.99 Å². The van der Waals surface area contributed by atoms with Gasteiger partial charge in [0.05, 0.1) is 5.16 Å². The number of carbonyl (C=O) groups excluding carboxylic acids is 1. The summed E-state index contributed by atoms with van der Waals surface area (Å²) in [7, 11) is 0. The van der Waals surface area contributed by atoms with Gasteiger partial charge in [0, 0.05) is 13.0 Å². The van der Waals surface area contributed by atoms with E-state index in [1.165, 1.54) is 51.4 Å². The zero-order valence-corrected chi connectivity index (χ0v) is 17.8. The first kappa shape index (κ1) is 25.7. The summed E-state index contributed by atoms with van der Waals surface area (Å²) >= 11 is 4.48. The minimum atomic E-state index is -0.972. The molecule has 0 aliphatic carbocycles. The van der Waals surface area contributed by atoms with E-state index >= 15 is 0 Å². The van der Waals surface area contributed by atoms with Gasteiger partial charge in [0.15, 0.2) is 0 Å². The fourth-order valence-corrected chi connectivity index (χ4v) is 3.15. The fraction of sp³-hybridized carbons (Fsp3) is 0.857. The van der Waals surface area contributed by atoms with Crippen LogP contribution in [0.1, 0.15) is 103 Å². The van der Waals surface area contributed by atoms with Gasteiger partial charge < -0.3 is 10.4 Å². The molecule has 27 heavy (non-hydrogen) atoms. The number of amides is 1. The van der Waals surface area contributed by atoms with Crippen molar-refractivity contribution in [2.75, 3.05) is 6.54 Å². The monoisotopic (exact) mass is 398 g/mol. The highest BCUT2D eigenvalue weighted by Crippen LogP contribution is 2.12. The Morgan fingerprint density at radius 3 is 2.00 bits per heavy atom. The van der Waals surface area contributed by atoms with Crippen LogP contribution in [-0.2, 0) is 9.59 Å². The van der Waals surface area contributed by atoms with Gasteiger partial charge in [0.2, 0.25) is 5.91 Å². The Bertz CT molecular complexity index is 437. The Kier molecular flexibility index (Phi) is 18.6. The molecule has 0 fully saturated rings. The number of nitrogens with zero attached hydrogens (tertiary/aromatic N) is 1. The van der Waals surface area contributed by atoms with Crippen LogP contribution < -0.4 is 5.32 Å². The molecule has 0 aromatic carbocycles. The third-order valence-corrected chi connectivity index (χ3v) is 4.85. The molecule has 1 amide bonds. The van der Waals surface area contributed by atoms with Crippen molar-refractivity contribution in [1.29, 1.82) is 0 Å². The van der Waals surface area contributed by atoms with E-state index in [9.17, 15) is 14.7 Å². The second-order valence-electron chi connectivity index (χ2n) is 7.21. The van der Waals surface area contributed by atoms with Crippen molar-refractivity contribution in [3.8, 4) is 0 Å². The average molecular weight is 399 g/mol. The number of nitrogens with one attached hydrogen (secondary N) is 1. The molecule has 0 bridgehead atoms. The number of hydrogen-bond acceptors (Lipinski definition) is 4. The second kappa shape index (κ2) is 19.5. The Hall–Kier alpha value is -1.26. The number of aliphatic imine (C=N–C) groups is 1. The third-order valence-electron chi connectivity index (χ3n) is 4.72. The first-order valence-corrected chi connectivity index (χ1v) is 11.1. The van der Waals surface area contributed by atoms with Crippen molar-refractivity contribution in [1.82, 2.24) is 5.32 Å². The molecule has 0 aliphatic rings. The molecule has 0 rings (SSSR count). The Labute approximate surface area is 170 Å². The second-order valence-corrected chi connectivity index (χ2v) is 7.40. The van der Waals surface area contributed by atoms with Crippen LogP contribution in [0.2, 0.25) is 0 Å². The maximum Gasteiger partial charge on any atom is 0.326 e. The van der Waals surface area contributed by atoms with Gasteiger partial charge in [-0.2, -0.15) is 0 Å². The molecule has 1 atom stereocenters. The number of aliphatic carboxylic acids is 1. The van der Waals surface area contributed by atoms with E-state index in [1.54, 1.807) is 0 Å². The number of rotatable bonds is 19. The summed E-state index contributed by atoms with van der Waals surface area (Å²) in [5.41, 5.74) is 0. The van der Waals surface area contributed by atoms with Crippen molar-refractivity contribution < 1.29 is 14.7 Å². The van der Waals surface area contributed by atoms with Crippen LogP contribution in [0.5, 0.6) is 0 Å². The summed E-state index contributed by atoms with van der Waals surface area (Å²) in [6, 6.07) is -0.804. The van der Waals surface area contributed by atoms with Gasteiger partial charge in [-0.25, -0.2) is 9.79 Å². The quantitative estimate of drug-likeness (QED) is 0.170. The SMILES string of the molecule is CCCCCCCCCCCCCC(=O)NC(CCCCN=C=S)C(=O)O. The van der Waals surface area contributed by atoms with Gasteiger partial charge in [-0.3, -0.25) is 4.79 Å². The zero-order chi connectivity index (χ0) is 20.2. The van der Waals surface area contributed by atoms with E-state index in [2.05, 4.69) is 34.6 Å². The number of isothiocyanates is 1. The number of unbranched alkanes of at least 4 members (excludes halogenated alkanes) is 11. The number of carboxylic acids is 1. The average Bonchev–Trinajstić information content (AvgIpc) is 2.64. The number of carbonyl (C=O) groups is 2. The van der Waals surface area contributed by atoms with E-state index < -0.39 is 12.0 Å². The Balaban J connectivity index is 3.63. The molecule has 0 saturated carbocycles. The maximum absolute atomic E-state index is 11.9. The lowest BCUT2D eigenvalue weighted by molar-refractivity contribution is -0.142. The zero-order valence-electron chi connectivity index (χ0n) is 17.0. The molecule has 0 radical (unpaired) electrons. The molecule has 0 spiro atoms. The number of hydrogen-bond donors (Lipinski definition) is 2. The molecular formula is C21H38N2O3S. The van der Waals surface area contributed by atoms with E-state index in [0.717, 1.165) is 25.7 Å². The Morgan fingerprint density at radius 1 is 0.926 bits per heavy atom. The molecule has 5 nitrogen and oxygen atoms in total. The lowest BCUT2D eigenvalue weighted by atomic mass is 10.0. The molecule has 1 unspecified atom stereocenters. The lowest BCUT2D eigenvalue weighted by Gasteiger charge is -2.14. The van der Waals surface area contributed by atoms with Crippen LogP contribution >= 0.6 is 12.2 Å². The maximum atomic E-state index is 11.9. The van der Waals surface area contributed by atoms with Gasteiger partial charge in [-0.15, -0.1) is 0 Å². The lowest BCUT2D eigenvalue weighted by Crippen LogP contribution is -2.40. The van der Waals surface area contributed by atoms with E-state index in [1.807, 2.05) is 0 Å². The molecule has 2 N–H and O–H groups in total. The fourth-order valence-electron chi connectivity index (χ4n) is 3.06. The predicted octanol–water partition coefficient (Wildman–Crippen LogP) is 5.53.